The fraction of sp³-hybridized carbons (Fsp3) is 0.667. The van der Waals surface area contributed by atoms with E-state index in [-0.39, 0.29) is 18.1 Å². The van der Waals surface area contributed by atoms with E-state index in [4.69, 9.17) is 0 Å². The summed E-state index contributed by atoms with van der Waals surface area (Å²) < 4.78 is 11.2. The largest absolute Gasteiger partial charge is 0.321 e. The number of carbonyl (C=O) groups is 1. The van der Waals surface area contributed by atoms with Gasteiger partial charge >= 0.3 is 0 Å². The average Bonchev–Trinajstić information content (AvgIpc) is 3.00. The lowest BCUT2D eigenvalue weighted by Gasteiger charge is -2.23. The number of thiophene rings is 1. The molecular weight excluding hydrogens is 304 g/mol. The monoisotopic (exact) mass is 328 g/mol. The molecule has 6 heteroatoms. The summed E-state index contributed by atoms with van der Waals surface area (Å²) in [6, 6.07) is 1.97. The van der Waals surface area contributed by atoms with Gasteiger partial charge < -0.3 is 4.90 Å². The molecule has 3 atom stereocenters. The molecule has 118 valence electrons. The average molecular weight is 329 g/mol. The molecule has 2 heterocycles. The molecule has 1 N–H and O–H groups in total. The van der Waals surface area contributed by atoms with E-state index in [2.05, 4.69) is 30.6 Å². The number of hydrogen-bond donors (Lipinski definition) is 1. The van der Waals surface area contributed by atoms with Gasteiger partial charge in [0.2, 0.25) is 5.91 Å². The van der Waals surface area contributed by atoms with Crippen LogP contribution in [0.1, 0.15) is 38.4 Å². The van der Waals surface area contributed by atoms with Gasteiger partial charge in [0.1, 0.15) is 6.17 Å². The van der Waals surface area contributed by atoms with Gasteiger partial charge in [-0.2, -0.15) is 11.3 Å². The molecule has 4 nitrogen and oxygen atoms in total. The smallest absolute Gasteiger partial charge is 0.241 e. The highest BCUT2D eigenvalue weighted by atomic mass is 32.2. The Morgan fingerprint density at radius 2 is 2.24 bits per heavy atom. The zero-order valence-corrected chi connectivity index (χ0v) is 14.5. The third-order valence-electron chi connectivity index (χ3n) is 3.65. The molecule has 21 heavy (non-hydrogen) atoms. The van der Waals surface area contributed by atoms with Crippen LogP contribution < -0.4 is 5.32 Å². The predicted octanol–water partition coefficient (Wildman–Crippen LogP) is 2.36. The van der Waals surface area contributed by atoms with Crippen LogP contribution in [0.3, 0.4) is 0 Å². The molecule has 0 radical (unpaired) electrons. The first kappa shape index (κ1) is 16.6. The van der Waals surface area contributed by atoms with Crippen LogP contribution in [0.15, 0.2) is 16.8 Å². The van der Waals surface area contributed by atoms with Gasteiger partial charge in [-0.1, -0.05) is 13.8 Å². The second-order valence-electron chi connectivity index (χ2n) is 5.97. The van der Waals surface area contributed by atoms with Crippen LogP contribution in [-0.4, -0.2) is 39.6 Å². The zero-order valence-electron chi connectivity index (χ0n) is 12.9. The minimum atomic E-state index is -0.799. The normalized spacial score (nSPS) is 24.0. The molecule has 1 aromatic rings. The molecule has 0 spiro atoms. The first-order chi connectivity index (χ1) is 9.99. The summed E-state index contributed by atoms with van der Waals surface area (Å²) in [5, 5.41) is 7.60. The van der Waals surface area contributed by atoms with E-state index >= 15 is 0 Å². The lowest BCUT2D eigenvalue weighted by molar-refractivity contribution is -0.130. The van der Waals surface area contributed by atoms with E-state index < -0.39 is 10.8 Å². The van der Waals surface area contributed by atoms with Crippen molar-refractivity contribution in [1.29, 1.82) is 0 Å². The first-order valence-electron chi connectivity index (χ1n) is 7.37. The molecule has 3 unspecified atom stereocenters. The number of carbonyl (C=O) groups excluding carboxylic acids is 1. The van der Waals surface area contributed by atoms with E-state index in [1.165, 1.54) is 0 Å². The Balaban J connectivity index is 2.08. The second kappa shape index (κ2) is 7.51. The summed E-state index contributed by atoms with van der Waals surface area (Å²) in [6.45, 7) is 4.94. The van der Waals surface area contributed by atoms with Crippen molar-refractivity contribution < 1.29 is 9.00 Å². The van der Waals surface area contributed by atoms with Crippen molar-refractivity contribution in [2.75, 3.05) is 18.6 Å². The van der Waals surface area contributed by atoms with E-state index in [1.807, 2.05) is 10.3 Å². The van der Waals surface area contributed by atoms with Gasteiger partial charge in [-0.05, 0) is 41.1 Å². The van der Waals surface area contributed by atoms with Crippen LogP contribution in [-0.2, 0) is 15.6 Å². The van der Waals surface area contributed by atoms with Gasteiger partial charge in [-0.3, -0.25) is 14.3 Å². The van der Waals surface area contributed by atoms with Crippen molar-refractivity contribution in [1.82, 2.24) is 10.2 Å². The third kappa shape index (κ3) is 4.37. The SMILES string of the molecule is CC(C)CC1NC(c2ccsc2)N(CCCS(C)=O)C1=O. The number of amides is 1. The Labute approximate surface area is 133 Å². The molecule has 0 bridgehead atoms. The van der Waals surface area contributed by atoms with Gasteiger partial charge in [-0.15, -0.1) is 0 Å². The van der Waals surface area contributed by atoms with E-state index in [0.717, 1.165) is 18.4 Å². The molecule has 1 aliphatic heterocycles. The fourth-order valence-corrected chi connectivity index (χ4v) is 3.92. The highest BCUT2D eigenvalue weighted by molar-refractivity contribution is 7.84. The van der Waals surface area contributed by atoms with Crippen LogP contribution in [0, 0.1) is 5.92 Å². The Kier molecular flexibility index (Phi) is 5.96. The summed E-state index contributed by atoms with van der Waals surface area (Å²) in [4.78, 5) is 14.5. The maximum Gasteiger partial charge on any atom is 0.241 e. The molecule has 1 amide bonds. The van der Waals surface area contributed by atoms with E-state index in [0.29, 0.717) is 18.2 Å². The van der Waals surface area contributed by atoms with Crippen LogP contribution in [0.2, 0.25) is 0 Å². The van der Waals surface area contributed by atoms with Crippen molar-refractivity contribution in [2.24, 2.45) is 5.92 Å². The Morgan fingerprint density at radius 3 is 2.81 bits per heavy atom. The Morgan fingerprint density at radius 1 is 1.48 bits per heavy atom. The highest BCUT2D eigenvalue weighted by Gasteiger charge is 2.39. The van der Waals surface area contributed by atoms with Gasteiger partial charge in [0, 0.05) is 29.4 Å². The minimum Gasteiger partial charge on any atom is -0.321 e. The number of nitrogens with zero attached hydrogens (tertiary/aromatic N) is 1. The minimum absolute atomic E-state index is 0.0298. The quantitative estimate of drug-likeness (QED) is 0.836. The molecular formula is C15H24N2O2S2. The zero-order chi connectivity index (χ0) is 15.4. The van der Waals surface area contributed by atoms with Crippen molar-refractivity contribution in [3.8, 4) is 0 Å². The van der Waals surface area contributed by atoms with Crippen molar-refractivity contribution in [3.63, 3.8) is 0 Å². The van der Waals surface area contributed by atoms with Crippen LogP contribution in [0.4, 0.5) is 0 Å². The highest BCUT2D eigenvalue weighted by Crippen LogP contribution is 2.29. The van der Waals surface area contributed by atoms with Crippen molar-refractivity contribution >= 4 is 28.0 Å². The van der Waals surface area contributed by atoms with Crippen molar-refractivity contribution in [3.05, 3.63) is 22.4 Å². The van der Waals surface area contributed by atoms with E-state index in [9.17, 15) is 9.00 Å². The summed E-state index contributed by atoms with van der Waals surface area (Å²) in [5.41, 5.74) is 1.15. The molecule has 1 aromatic heterocycles. The van der Waals surface area contributed by atoms with E-state index in [1.54, 1.807) is 17.6 Å². The number of hydrogen-bond acceptors (Lipinski definition) is 4. The standard InChI is InChI=1S/C15H24N2O2S2/c1-11(2)9-13-15(18)17(6-4-8-21(3)19)14(16-13)12-5-7-20-10-12/h5,7,10-11,13-14,16H,4,6,8-9H2,1-3H3. The third-order valence-corrected chi connectivity index (χ3v) is 5.21. The lowest BCUT2D eigenvalue weighted by atomic mass is 10.0. The topological polar surface area (TPSA) is 49.4 Å². The summed E-state index contributed by atoms with van der Waals surface area (Å²) >= 11 is 1.65. The predicted molar refractivity (Wildman–Crippen MR) is 88.7 cm³/mol. The van der Waals surface area contributed by atoms with Gasteiger partial charge in [-0.25, -0.2) is 0 Å². The molecule has 2 rings (SSSR count). The molecule has 1 saturated heterocycles. The molecule has 1 aliphatic rings. The second-order valence-corrected chi connectivity index (χ2v) is 8.31. The van der Waals surface area contributed by atoms with Gasteiger partial charge in [0.25, 0.3) is 0 Å². The molecule has 0 aliphatic carbocycles. The van der Waals surface area contributed by atoms with Gasteiger partial charge in [0.05, 0.1) is 6.04 Å². The summed E-state index contributed by atoms with van der Waals surface area (Å²) in [6.07, 6.45) is 3.32. The van der Waals surface area contributed by atoms with Gasteiger partial charge in [0.15, 0.2) is 0 Å². The van der Waals surface area contributed by atoms with Crippen LogP contribution in [0.25, 0.3) is 0 Å². The van der Waals surface area contributed by atoms with Crippen molar-refractivity contribution in [2.45, 2.75) is 38.9 Å². The Hall–Kier alpha value is -0.720. The summed E-state index contributed by atoms with van der Waals surface area (Å²) in [7, 11) is -0.799. The molecule has 1 fully saturated rings. The summed E-state index contributed by atoms with van der Waals surface area (Å²) in [5.74, 6) is 1.31. The molecule has 0 saturated carbocycles. The number of rotatable bonds is 7. The van der Waals surface area contributed by atoms with Crippen LogP contribution >= 0.6 is 11.3 Å². The molecule has 0 aromatic carbocycles. The number of nitrogens with one attached hydrogen (secondary N) is 1. The van der Waals surface area contributed by atoms with Crippen LogP contribution in [0.5, 0.6) is 0 Å². The first-order valence-corrected chi connectivity index (χ1v) is 10.0. The Bertz CT molecular complexity index is 488. The lowest BCUT2D eigenvalue weighted by Crippen LogP contribution is -2.33. The maximum atomic E-state index is 12.6. The maximum absolute atomic E-state index is 12.6. The fourth-order valence-electron chi connectivity index (χ4n) is 2.70.